The Morgan fingerprint density at radius 1 is 0.632 bits per heavy atom. The van der Waals surface area contributed by atoms with E-state index in [0.29, 0.717) is 5.16 Å². The van der Waals surface area contributed by atoms with E-state index in [4.69, 9.17) is 0 Å². The largest absolute Gasteiger partial charge is 0.131 e. The minimum absolute atomic E-state index is 0.631. The van der Waals surface area contributed by atoms with E-state index in [0.717, 1.165) is 17.8 Å². The van der Waals surface area contributed by atoms with Crippen molar-refractivity contribution in [1.82, 2.24) is 0 Å². The first-order valence-corrected chi connectivity index (χ1v) is 9.67. The van der Waals surface area contributed by atoms with Gasteiger partial charge in [0.25, 0.3) is 0 Å². The lowest BCUT2D eigenvalue weighted by Gasteiger charge is -2.47. The summed E-state index contributed by atoms with van der Waals surface area (Å²) in [4.78, 5) is 0. The van der Waals surface area contributed by atoms with Crippen molar-refractivity contribution in [2.24, 2.45) is 17.8 Å². The maximum atomic E-state index is 3.46. The van der Waals surface area contributed by atoms with Crippen LogP contribution >= 0.6 is 9.24 Å². The maximum absolute atomic E-state index is 3.46. The summed E-state index contributed by atoms with van der Waals surface area (Å²) in [6.45, 7) is 0. The van der Waals surface area contributed by atoms with E-state index in [1.165, 1.54) is 70.6 Å². The van der Waals surface area contributed by atoms with E-state index in [-0.39, 0.29) is 0 Å². The van der Waals surface area contributed by atoms with Crippen molar-refractivity contribution >= 4 is 9.24 Å². The van der Waals surface area contributed by atoms with Crippen LogP contribution in [0.15, 0.2) is 0 Å². The van der Waals surface area contributed by atoms with E-state index in [1.807, 2.05) is 0 Å². The summed E-state index contributed by atoms with van der Waals surface area (Å²) in [7, 11) is 3.46. The van der Waals surface area contributed by atoms with Gasteiger partial charge in [-0.2, -0.15) is 0 Å². The van der Waals surface area contributed by atoms with E-state index < -0.39 is 0 Å². The molecule has 110 valence electrons. The van der Waals surface area contributed by atoms with E-state index >= 15 is 0 Å². The fraction of sp³-hybridized carbons (Fsp3) is 1.00. The summed E-state index contributed by atoms with van der Waals surface area (Å²) < 4.78 is 0. The molecule has 0 N–H and O–H groups in total. The van der Waals surface area contributed by atoms with Gasteiger partial charge in [-0.25, -0.2) is 0 Å². The quantitative estimate of drug-likeness (QED) is 0.548. The van der Waals surface area contributed by atoms with Crippen molar-refractivity contribution in [3.8, 4) is 0 Å². The standard InChI is InChI=1S/C18H33P/c19-18(16-11-6-7-12-16)14-8-2-1-3-13-17(18)15-9-4-5-10-15/h15-17H,1-14,19H2. The smallest absolute Gasteiger partial charge is 0.00912 e. The molecule has 3 unspecified atom stereocenters. The number of hydrogen-bond acceptors (Lipinski definition) is 0. The number of rotatable bonds is 2. The Kier molecular flexibility index (Phi) is 4.89. The lowest BCUT2D eigenvalue weighted by atomic mass is 9.67. The molecule has 0 aromatic rings. The average Bonchev–Trinajstić information content (AvgIpc) is 3.06. The van der Waals surface area contributed by atoms with Gasteiger partial charge in [0.1, 0.15) is 0 Å². The third kappa shape index (κ3) is 3.04. The molecule has 0 aromatic heterocycles. The lowest BCUT2D eigenvalue weighted by Crippen LogP contribution is -2.42. The van der Waals surface area contributed by atoms with Crippen molar-refractivity contribution in [1.29, 1.82) is 0 Å². The SMILES string of the molecule is PC1(C2CCCC2)CCCCCCC1C1CCCC1. The Morgan fingerprint density at radius 2 is 1.21 bits per heavy atom. The van der Waals surface area contributed by atoms with Gasteiger partial charge in [-0.05, 0) is 48.6 Å². The molecule has 3 aliphatic rings. The molecule has 0 bridgehead atoms. The minimum atomic E-state index is 0.631. The van der Waals surface area contributed by atoms with Crippen LogP contribution in [0.5, 0.6) is 0 Å². The zero-order valence-electron chi connectivity index (χ0n) is 12.7. The Bertz CT molecular complexity index is 275. The van der Waals surface area contributed by atoms with Crippen molar-refractivity contribution in [3.05, 3.63) is 0 Å². The molecule has 0 radical (unpaired) electrons. The Labute approximate surface area is 122 Å². The Hall–Kier alpha value is 0.430. The first kappa shape index (κ1) is 14.4. The highest BCUT2D eigenvalue weighted by Gasteiger charge is 2.45. The fourth-order valence-electron chi connectivity index (χ4n) is 5.61. The Morgan fingerprint density at radius 3 is 1.95 bits per heavy atom. The first-order chi connectivity index (χ1) is 9.31. The molecule has 19 heavy (non-hydrogen) atoms. The average molecular weight is 280 g/mol. The molecule has 0 heterocycles. The molecule has 0 nitrogen and oxygen atoms in total. The van der Waals surface area contributed by atoms with Gasteiger partial charge in [-0.1, -0.05) is 64.2 Å². The van der Waals surface area contributed by atoms with Crippen LogP contribution in [0.4, 0.5) is 0 Å². The summed E-state index contributed by atoms with van der Waals surface area (Å²) in [5, 5.41) is 0.631. The second-order valence-corrected chi connectivity index (χ2v) is 8.77. The normalized spacial score (nSPS) is 39.3. The van der Waals surface area contributed by atoms with E-state index in [1.54, 1.807) is 19.3 Å². The van der Waals surface area contributed by atoms with Crippen LogP contribution in [0.3, 0.4) is 0 Å². The summed E-state index contributed by atoms with van der Waals surface area (Å²) in [5.74, 6) is 3.17. The van der Waals surface area contributed by atoms with Crippen LogP contribution in [-0.2, 0) is 0 Å². The van der Waals surface area contributed by atoms with Gasteiger partial charge in [-0.15, -0.1) is 9.24 Å². The monoisotopic (exact) mass is 280 g/mol. The molecular weight excluding hydrogens is 247 g/mol. The van der Waals surface area contributed by atoms with Crippen LogP contribution in [-0.4, -0.2) is 5.16 Å². The topological polar surface area (TPSA) is 0 Å². The fourth-order valence-corrected chi connectivity index (χ4v) is 6.58. The van der Waals surface area contributed by atoms with Crippen LogP contribution in [0.1, 0.15) is 89.9 Å². The molecule has 0 aliphatic heterocycles. The van der Waals surface area contributed by atoms with E-state index in [2.05, 4.69) is 9.24 Å². The van der Waals surface area contributed by atoms with Gasteiger partial charge < -0.3 is 0 Å². The molecule has 0 spiro atoms. The molecule has 0 amide bonds. The second kappa shape index (κ2) is 6.46. The highest BCUT2D eigenvalue weighted by Crippen LogP contribution is 2.54. The molecule has 1 heteroatoms. The van der Waals surface area contributed by atoms with Gasteiger partial charge in [0.2, 0.25) is 0 Å². The van der Waals surface area contributed by atoms with Crippen LogP contribution in [0, 0.1) is 17.8 Å². The molecule has 3 fully saturated rings. The third-order valence-electron chi connectivity index (χ3n) is 6.65. The maximum Gasteiger partial charge on any atom is -0.00912 e. The summed E-state index contributed by atoms with van der Waals surface area (Å²) in [6.07, 6.45) is 21.3. The third-order valence-corrected chi connectivity index (χ3v) is 7.84. The lowest BCUT2D eigenvalue weighted by molar-refractivity contribution is 0.158. The van der Waals surface area contributed by atoms with Gasteiger partial charge >= 0.3 is 0 Å². The minimum Gasteiger partial charge on any atom is -0.131 e. The van der Waals surface area contributed by atoms with E-state index in [9.17, 15) is 0 Å². The highest BCUT2D eigenvalue weighted by atomic mass is 31.0. The second-order valence-electron chi connectivity index (χ2n) is 7.70. The molecule has 3 aliphatic carbocycles. The van der Waals surface area contributed by atoms with Gasteiger partial charge in [0.15, 0.2) is 0 Å². The molecule has 0 saturated heterocycles. The van der Waals surface area contributed by atoms with Crippen LogP contribution in [0.2, 0.25) is 0 Å². The van der Waals surface area contributed by atoms with Crippen molar-refractivity contribution in [2.75, 3.05) is 0 Å². The van der Waals surface area contributed by atoms with Gasteiger partial charge in [0, 0.05) is 0 Å². The predicted molar refractivity (Wildman–Crippen MR) is 87.5 cm³/mol. The first-order valence-electron chi connectivity index (χ1n) is 9.09. The van der Waals surface area contributed by atoms with Crippen molar-refractivity contribution < 1.29 is 0 Å². The summed E-state index contributed by atoms with van der Waals surface area (Å²) in [6, 6.07) is 0. The summed E-state index contributed by atoms with van der Waals surface area (Å²) >= 11 is 0. The van der Waals surface area contributed by atoms with Crippen LogP contribution in [0.25, 0.3) is 0 Å². The zero-order chi connectivity index (χ0) is 13.1. The van der Waals surface area contributed by atoms with Gasteiger partial charge in [0.05, 0.1) is 0 Å². The molecule has 3 saturated carbocycles. The Balaban J connectivity index is 1.79. The molecule has 0 aromatic carbocycles. The van der Waals surface area contributed by atoms with Gasteiger partial charge in [-0.3, -0.25) is 0 Å². The summed E-state index contributed by atoms with van der Waals surface area (Å²) in [5.41, 5.74) is 0. The van der Waals surface area contributed by atoms with Crippen molar-refractivity contribution in [2.45, 2.75) is 95.0 Å². The predicted octanol–water partition coefficient (Wildman–Crippen LogP) is 5.95. The zero-order valence-corrected chi connectivity index (χ0v) is 13.9. The molecule has 3 rings (SSSR count). The molecule has 3 atom stereocenters. The highest BCUT2D eigenvalue weighted by molar-refractivity contribution is 7.19. The molecular formula is C18H33P. The number of hydrogen-bond donors (Lipinski definition) is 0. The van der Waals surface area contributed by atoms with Crippen LogP contribution < -0.4 is 0 Å². The van der Waals surface area contributed by atoms with Crippen molar-refractivity contribution in [3.63, 3.8) is 0 Å².